The van der Waals surface area contributed by atoms with Gasteiger partial charge in [-0.15, -0.1) is 11.3 Å². The van der Waals surface area contributed by atoms with Crippen molar-refractivity contribution >= 4 is 32.9 Å². The maximum absolute atomic E-state index is 3.52. The maximum atomic E-state index is 3.52. The van der Waals surface area contributed by atoms with E-state index in [1.165, 1.54) is 32.8 Å². The summed E-state index contributed by atoms with van der Waals surface area (Å²) in [6.07, 6.45) is 0. The number of nitrogens with zero attached hydrogens (tertiary/aromatic N) is 2. The van der Waals surface area contributed by atoms with Crippen LogP contribution in [0.5, 0.6) is 0 Å². The minimum absolute atomic E-state index is 1.08. The summed E-state index contributed by atoms with van der Waals surface area (Å²) in [5.74, 6) is 0. The number of hydrogen-bond donors (Lipinski definition) is 1. The van der Waals surface area contributed by atoms with Gasteiger partial charge >= 0.3 is 0 Å². The molecule has 1 fully saturated rings. The summed E-state index contributed by atoms with van der Waals surface area (Å²) < 4.78 is 0. The van der Waals surface area contributed by atoms with Crippen molar-refractivity contribution in [3.05, 3.63) is 47.0 Å². The topological polar surface area (TPSA) is 22.3 Å². The van der Waals surface area contributed by atoms with Gasteiger partial charge in [0.15, 0.2) is 0 Å². The molecule has 1 saturated heterocycles. The van der Waals surface area contributed by atoms with E-state index in [1.807, 2.05) is 11.3 Å². The van der Waals surface area contributed by atoms with Gasteiger partial charge in [0.25, 0.3) is 0 Å². The van der Waals surface area contributed by atoms with Gasteiger partial charge in [0.2, 0.25) is 0 Å². The summed E-state index contributed by atoms with van der Waals surface area (Å²) in [5.41, 5.74) is 5.28. The van der Waals surface area contributed by atoms with Crippen LogP contribution in [0, 0.1) is 13.8 Å². The van der Waals surface area contributed by atoms with Crippen molar-refractivity contribution in [2.24, 2.45) is 0 Å². The second-order valence-corrected chi connectivity index (χ2v) is 6.97. The van der Waals surface area contributed by atoms with E-state index in [4.69, 9.17) is 0 Å². The molecule has 0 saturated carbocycles. The highest BCUT2D eigenvalue weighted by molar-refractivity contribution is 7.14. The van der Waals surface area contributed by atoms with E-state index in [9.17, 15) is 0 Å². The quantitative estimate of drug-likeness (QED) is 0.767. The molecule has 0 radical (unpaired) electrons. The fourth-order valence-electron chi connectivity index (χ4n) is 3.40. The van der Waals surface area contributed by atoms with Crippen molar-refractivity contribution in [3.8, 4) is 0 Å². The van der Waals surface area contributed by atoms with Crippen LogP contribution in [-0.4, -0.2) is 31.2 Å². The van der Waals surface area contributed by atoms with Crippen molar-refractivity contribution in [1.29, 1.82) is 0 Å². The number of para-hydroxylation sites is 1. The number of aromatic amines is 1. The van der Waals surface area contributed by atoms with E-state index in [2.05, 4.69) is 64.3 Å². The summed E-state index contributed by atoms with van der Waals surface area (Å²) in [6.45, 7) is 8.72. The van der Waals surface area contributed by atoms with Gasteiger partial charge in [0.05, 0.1) is 10.7 Å². The molecular weight excluding hydrogens is 290 g/mol. The first-order valence-corrected chi connectivity index (χ1v) is 8.72. The zero-order valence-corrected chi connectivity index (χ0v) is 13.9. The second-order valence-electron chi connectivity index (χ2n) is 6.08. The third-order valence-electron chi connectivity index (χ3n) is 4.48. The Morgan fingerprint density at radius 2 is 1.73 bits per heavy atom. The highest BCUT2D eigenvalue weighted by Gasteiger charge is 2.22. The first-order valence-electron chi connectivity index (χ1n) is 7.85. The van der Waals surface area contributed by atoms with Gasteiger partial charge < -0.3 is 14.8 Å². The molecule has 0 bridgehead atoms. The fraction of sp³-hybridized carbons (Fsp3) is 0.333. The van der Waals surface area contributed by atoms with Crippen LogP contribution in [0.25, 0.3) is 10.9 Å². The van der Waals surface area contributed by atoms with Crippen LogP contribution >= 0.6 is 11.3 Å². The molecule has 0 amide bonds. The number of nitrogens with one attached hydrogen (secondary N) is 1. The van der Waals surface area contributed by atoms with Crippen LogP contribution in [0.4, 0.5) is 10.7 Å². The average Bonchev–Trinajstić information content (AvgIpc) is 3.10. The van der Waals surface area contributed by atoms with E-state index in [0.29, 0.717) is 0 Å². The summed E-state index contributed by atoms with van der Waals surface area (Å²) in [6, 6.07) is 10.9. The van der Waals surface area contributed by atoms with E-state index < -0.39 is 0 Å². The molecule has 1 aromatic carbocycles. The smallest absolute Gasteiger partial charge is 0.0912 e. The maximum Gasteiger partial charge on any atom is 0.0912 e. The van der Waals surface area contributed by atoms with Crippen molar-refractivity contribution in [2.45, 2.75) is 13.8 Å². The summed E-state index contributed by atoms with van der Waals surface area (Å²) in [4.78, 5) is 8.56. The Hall–Kier alpha value is -1.94. The molecule has 1 N–H and O–H groups in total. The van der Waals surface area contributed by atoms with E-state index in [-0.39, 0.29) is 0 Å². The lowest BCUT2D eigenvalue weighted by Crippen LogP contribution is -2.46. The van der Waals surface area contributed by atoms with Gasteiger partial charge in [-0.05, 0) is 36.9 Å². The third kappa shape index (κ3) is 2.28. The number of piperazine rings is 1. The molecule has 22 heavy (non-hydrogen) atoms. The van der Waals surface area contributed by atoms with Gasteiger partial charge in [0.1, 0.15) is 0 Å². The van der Waals surface area contributed by atoms with Crippen LogP contribution in [0.3, 0.4) is 0 Å². The second kappa shape index (κ2) is 5.36. The molecule has 0 unspecified atom stereocenters. The number of fused-ring (bicyclic) bond motifs is 1. The Morgan fingerprint density at radius 3 is 2.45 bits per heavy atom. The molecule has 2 aromatic heterocycles. The number of H-pyrrole nitrogens is 1. The van der Waals surface area contributed by atoms with Crippen LogP contribution in [0.1, 0.15) is 11.3 Å². The lowest BCUT2D eigenvalue weighted by atomic mass is 10.2. The van der Waals surface area contributed by atoms with Gasteiger partial charge in [-0.2, -0.15) is 0 Å². The van der Waals surface area contributed by atoms with Crippen LogP contribution < -0.4 is 9.80 Å². The number of anilines is 2. The number of rotatable bonds is 2. The Labute approximate surface area is 135 Å². The normalized spacial score (nSPS) is 15.7. The molecule has 1 aliphatic heterocycles. The number of hydrogen-bond acceptors (Lipinski definition) is 3. The van der Waals surface area contributed by atoms with Gasteiger partial charge in [-0.1, -0.05) is 18.2 Å². The lowest BCUT2D eigenvalue weighted by molar-refractivity contribution is 0.657. The summed E-state index contributed by atoms with van der Waals surface area (Å²) in [7, 11) is 0. The SMILES string of the molecule is Cc1csc(N2CCN(c3c(C)[nH]c4ccccc34)CC2)c1. The molecule has 3 heterocycles. The number of aryl methyl sites for hydroxylation is 2. The Balaban J connectivity index is 1.57. The zero-order chi connectivity index (χ0) is 15.1. The highest BCUT2D eigenvalue weighted by atomic mass is 32.1. The molecule has 3 nitrogen and oxygen atoms in total. The predicted molar refractivity (Wildman–Crippen MR) is 96.5 cm³/mol. The third-order valence-corrected chi connectivity index (χ3v) is 5.59. The monoisotopic (exact) mass is 311 g/mol. The van der Waals surface area contributed by atoms with Crippen LogP contribution in [-0.2, 0) is 0 Å². The van der Waals surface area contributed by atoms with Gasteiger partial charge in [-0.3, -0.25) is 0 Å². The van der Waals surface area contributed by atoms with E-state index in [1.54, 1.807) is 0 Å². The number of aromatic nitrogens is 1. The minimum Gasteiger partial charge on any atom is -0.366 e. The molecule has 114 valence electrons. The Kier molecular flexibility index (Phi) is 3.34. The molecule has 1 aliphatic rings. The van der Waals surface area contributed by atoms with Crippen molar-refractivity contribution < 1.29 is 0 Å². The highest BCUT2D eigenvalue weighted by Crippen LogP contribution is 2.32. The lowest BCUT2D eigenvalue weighted by Gasteiger charge is -2.36. The molecule has 0 aliphatic carbocycles. The van der Waals surface area contributed by atoms with Crippen molar-refractivity contribution in [2.75, 3.05) is 36.0 Å². The Bertz CT molecular complexity index is 794. The van der Waals surface area contributed by atoms with Crippen molar-refractivity contribution in [3.63, 3.8) is 0 Å². The molecule has 0 spiro atoms. The number of thiophene rings is 1. The first-order chi connectivity index (χ1) is 10.7. The minimum atomic E-state index is 1.08. The van der Waals surface area contributed by atoms with Gasteiger partial charge in [0, 0.05) is 42.8 Å². The molecular formula is C18H21N3S. The first kappa shape index (κ1) is 13.7. The summed E-state index contributed by atoms with van der Waals surface area (Å²) in [5, 5.41) is 5.00. The zero-order valence-electron chi connectivity index (χ0n) is 13.1. The molecule has 3 aromatic rings. The van der Waals surface area contributed by atoms with E-state index in [0.717, 1.165) is 26.2 Å². The van der Waals surface area contributed by atoms with Crippen LogP contribution in [0.2, 0.25) is 0 Å². The van der Waals surface area contributed by atoms with Gasteiger partial charge in [-0.25, -0.2) is 0 Å². The largest absolute Gasteiger partial charge is 0.366 e. The Morgan fingerprint density at radius 1 is 1.00 bits per heavy atom. The van der Waals surface area contributed by atoms with Crippen LogP contribution in [0.15, 0.2) is 35.7 Å². The molecule has 0 atom stereocenters. The number of benzene rings is 1. The van der Waals surface area contributed by atoms with E-state index >= 15 is 0 Å². The summed E-state index contributed by atoms with van der Waals surface area (Å²) >= 11 is 1.86. The fourth-order valence-corrected chi connectivity index (χ4v) is 4.36. The molecule has 4 heteroatoms. The van der Waals surface area contributed by atoms with Crippen molar-refractivity contribution in [1.82, 2.24) is 4.98 Å². The standard InChI is InChI=1S/C18H21N3S/c1-13-11-17(22-12-13)20-7-9-21(10-8-20)18-14(2)19-16-6-4-3-5-15(16)18/h3-6,11-12,19H,7-10H2,1-2H3. The molecule has 4 rings (SSSR count). The predicted octanol–water partition coefficient (Wildman–Crippen LogP) is 4.17. The average molecular weight is 311 g/mol.